The Kier molecular flexibility index (Phi) is 10.1. The van der Waals surface area contributed by atoms with Crippen molar-refractivity contribution < 1.29 is 29.3 Å². The summed E-state index contributed by atoms with van der Waals surface area (Å²) in [5.74, 6) is -2.72. The molecule has 0 bridgehead atoms. The number of allylic oxidation sites excluding steroid dienone is 1. The van der Waals surface area contributed by atoms with Crippen LogP contribution in [0.15, 0.2) is 22.6 Å². The normalized spacial score (nSPS) is 31.6. The molecule has 0 aliphatic carbocycles. The van der Waals surface area contributed by atoms with Gasteiger partial charge in [-0.25, -0.2) is 4.98 Å². The van der Waals surface area contributed by atoms with E-state index in [0.717, 1.165) is 21.8 Å². The van der Waals surface area contributed by atoms with Crippen molar-refractivity contribution in [1.82, 2.24) is 4.98 Å². The molecule has 0 amide bonds. The number of hydrogen-bond acceptors (Lipinski definition) is 8. The number of thiazole rings is 1. The molecule has 7 nitrogen and oxygen atoms in total. The van der Waals surface area contributed by atoms with Crippen LogP contribution in [0.25, 0.3) is 6.08 Å². The second kappa shape index (κ2) is 12.2. The number of aliphatic hydroxyl groups excluding tert-OH is 2. The van der Waals surface area contributed by atoms with Crippen LogP contribution in [-0.4, -0.2) is 51.0 Å². The van der Waals surface area contributed by atoms with E-state index in [2.05, 4.69) is 4.98 Å². The number of carbonyl (C=O) groups excluding carboxylic acids is 3. The number of rotatable bonds is 2. The van der Waals surface area contributed by atoms with Crippen molar-refractivity contribution >= 4 is 34.9 Å². The monoisotopic (exact) mass is 505 g/mol. The summed E-state index contributed by atoms with van der Waals surface area (Å²) in [5, 5.41) is 24.4. The number of aryl methyl sites for hydroxylation is 1. The van der Waals surface area contributed by atoms with E-state index in [1.54, 1.807) is 27.7 Å². The molecule has 0 saturated carbocycles. The standard InChI is InChI=1S/C27H39NO6S/c1-15-8-10-21(29)17(3)25(32)18(4)26(33)27(6,7)23(30)13-24(31)34-22(11-9-15)16(2)12-20-14-35-19(5)28-20/h9,12,14,17-18,22-23,25,30,32H,8,10-11,13H2,1-7H3/b15-9-,16-12+/t17-,18-,22+,23+,25+/m1/s1. The molecule has 5 atom stereocenters. The second-order valence-electron chi connectivity index (χ2n) is 10.3. The zero-order valence-electron chi connectivity index (χ0n) is 21.8. The van der Waals surface area contributed by atoms with Crippen LogP contribution in [0.2, 0.25) is 0 Å². The van der Waals surface area contributed by atoms with Crippen LogP contribution in [0, 0.1) is 24.2 Å². The zero-order valence-corrected chi connectivity index (χ0v) is 22.6. The fourth-order valence-corrected chi connectivity index (χ4v) is 4.78. The topological polar surface area (TPSA) is 114 Å². The van der Waals surface area contributed by atoms with Gasteiger partial charge in [-0.1, -0.05) is 39.3 Å². The molecule has 2 heterocycles. The SMILES string of the molecule is C/C1=C/C[C@@H](/C(C)=C/c2csc(C)n2)OC(=O)C[C@H](O)C(C)(C)C(=O)[C@H](C)[C@@H](O)[C@H](C)C(=O)CC1. The Balaban J connectivity index is 2.38. The highest BCUT2D eigenvalue weighted by Crippen LogP contribution is 2.32. The molecular formula is C27H39NO6S. The van der Waals surface area contributed by atoms with Gasteiger partial charge in [-0.3, -0.25) is 14.4 Å². The van der Waals surface area contributed by atoms with E-state index in [-0.39, 0.29) is 18.6 Å². The van der Waals surface area contributed by atoms with E-state index < -0.39 is 47.3 Å². The Labute approximate surface area is 212 Å². The van der Waals surface area contributed by atoms with Gasteiger partial charge in [0, 0.05) is 30.1 Å². The molecule has 1 aliphatic heterocycles. The first-order chi connectivity index (χ1) is 16.2. The molecule has 0 aromatic carbocycles. The van der Waals surface area contributed by atoms with Crippen LogP contribution in [0.4, 0.5) is 0 Å². The Morgan fingerprint density at radius 1 is 1.14 bits per heavy atom. The second-order valence-corrected chi connectivity index (χ2v) is 11.3. The van der Waals surface area contributed by atoms with E-state index in [4.69, 9.17) is 4.74 Å². The van der Waals surface area contributed by atoms with Gasteiger partial charge in [0.15, 0.2) is 0 Å². The summed E-state index contributed by atoms with van der Waals surface area (Å²) in [4.78, 5) is 43.2. The number of esters is 1. The molecule has 0 spiro atoms. The quantitative estimate of drug-likeness (QED) is 0.451. The minimum atomic E-state index is -1.31. The van der Waals surface area contributed by atoms with Crippen molar-refractivity contribution in [1.29, 1.82) is 0 Å². The molecule has 194 valence electrons. The lowest BCUT2D eigenvalue weighted by Gasteiger charge is -2.34. The van der Waals surface area contributed by atoms with Crippen molar-refractivity contribution in [2.75, 3.05) is 0 Å². The number of hydrogen-bond donors (Lipinski definition) is 2. The minimum Gasteiger partial charge on any atom is -0.457 e. The molecular weight excluding hydrogens is 466 g/mol. The summed E-state index contributed by atoms with van der Waals surface area (Å²) in [6.07, 6.45) is 1.58. The Hall–Kier alpha value is -2.16. The van der Waals surface area contributed by atoms with Gasteiger partial charge in [-0.15, -0.1) is 11.3 Å². The van der Waals surface area contributed by atoms with Crippen molar-refractivity contribution in [3.63, 3.8) is 0 Å². The molecule has 1 aromatic heterocycles. The first-order valence-electron chi connectivity index (χ1n) is 12.1. The number of nitrogens with zero attached hydrogens (tertiary/aromatic N) is 1. The summed E-state index contributed by atoms with van der Waals surface area (Å²) in [6, 6.07) is 0. The maximum atomic E-state index is 13.2. The Morgan fingerprint density at radius 3 is 2.40 bits per heavy atom. The predicted molar refractivity (Wildman–Crippen MR) is 137 cm³/mol. The summed E-state index contributed by atoms with van der Waals surface area (Å²) in [5.41, 5.74) is 1.25. The molecule has 1 aromatic rings. The number of aromatic nitrogens is 1. The van der Waals surface area contributed by atoms with Gasteiger partial charge >= 0.3 is 5.97 Å². The number of aliphatic hydroxyl groups is 2. The van der Waals surface area contributed by atoms with Crippen LogP contribution in [0.1, 0.15) is 77.9 Å². The fourth-order valence-electron chi connectivity index (χ4n) is 4.21. The highest BCUT2D eigenvalue weighted by molar-refractivity contribution is 7.09. The fraction of sp³-hybridized carbons (Fsp3) is 0.630. The molecule has 1 aliphatic rings. The molecule has 0 radical (unpaired) electrons. The Morgan fingerprint density at radius 2 is 1.80 bits per heavy atom. The van der Waals surface area contributed by atoms with Gasteiger partial charge in [-0.05, 0) is 38.8 Å². The molecule has 8 heteroatoms. The largest absolute Gasteiger partial charge is 0.457 e. The number of ketones is 2. The van der Waals surface area contributed by atoms with Crippen molar-refractivity contribution in [3.8, 4) is 0 Å². The summed E-state index contributed by atoms with van der Waals surface area (Å²) >= 11 is 1.53. The van der Waals surface area contributed by atoms with Crippen LogP contribution in [-0.2, 0) is 19.1 Å². The van der Waals surface area contributed by atoms with Gasteiger partial charge in [0.1, 0.15) is 17.7 Å². The van der Waals surface area contributed by atoms with Gasteiger partial charge in [0.25, 0.3) is 0 Å². The lowest BCUT2D eigenvalue weighted by molar-refractivity contribution is -0.154. The van der Waals surface area contributed by atoms with Crippen molar-refractivity contribution in [2.45, 2.75) is 92.5 Å². The third-order valence-corrected chi connectivity index (χ3v) is 7.81. The van der Waals surface area contributed by atoms with Gasteiger partial charge in [-0.2, -0.15) is 0 Å². The Bertz CT molecular complexity index is 992. The van der Waals surface area contributed by atoms with E-state index in [1.807, 2.05) is 38.3 Å². The number of ether oxygens (including phenoxy) is 1. The molecule has 2 N–H and O–H groups in total. The number of cyclic esters (lactones) is 1. The van der Waals surface area contributed by atoms with Gasteiger partial charge in [0.2, 0.25) is 0 Å². The number of Topliss-reactive ketones (excluding diaryl/α,β-unsaturated/α-hetero) is 2. The molecule has 0 saturated heterocycles. The molecule has 35 heavy (non-hydrogen) atoms. The highest BCUT2D eigenvalue weighted by Gasteiger charge is 2.43. The van der Waals surface area contributed by atoms with E-state index in [9.17, 15) is 24.6 Å². The van der Waals surface area contributed by atoms with Gasteiger partial charge < -0.3 is 14.9 Å². The third kappa shape index (κ3) is 7.66. The predicted octanol–water partition coefficient (Wildman–Crippen LogP) is 4.45. The number of carbonyl (C=O) groups is 3. The minimum absolute atomic E-state index is 0.117. The van der Waals surface area contributed by atoms with Crippen molar-refractivity contribution in [3.05, 3.63) is 33.3 Å². The lowest BCUT2D eigenvalue weighted by Crippen LogP contribution is -2.46. The molecule has 0 fully saturated rings. The van der Waals surface area contributed by atoms with Crippen LogP contribution in [0.5, 0.6) is 0 Å². The lowest BCUT2D eigenvalue weighted by atomic mass is 9.73. The average molecular weight is 506 g/mol. The van der Waals surface area contributed by atoms with Crippen LogP contribution in [0.3, 0.4) is 0 Å². The summed E-state index contributed by atoms with van der Waals surface area (Å²) in [6.45, 7) is 12.0. The summed E-state index contributed by atoms with van der Waals surface area (Å²) in [7, 11) is 0. The van der Waals surface area contributed by atoms with E-state index in [0.29, 0.717) is 12.8 Å². The smallest absolute Gasteiger partial charge is 0.309 e. The average Bonchev–Trinajstić information content (AvgIpc) is 3.21. The van der Waals surface area contributed by atoms with Crippen molar-refractivity contribution in [2.24, 2.45) is 17.3 Å². The van der Waals surface area contributed by atoms with Crippen LogP contribution >= 0.6 is 11.3 Å². The molecule has 0 unspecified atom stereocenters. The first-order valence-corrected chi connectivity index (χ1v) is 13.0. The van der Waals surface area contributed by atoms with E-state index >= 15 is 0 Å². The van der Waals surface area contributed by atoms with E-state index in [1.165, 1.54) is 11.3 Å². The first kappa shape index (κ1) is 29.1. The van der Waals surface area contributed by atoms with Crippen LogP contribution < -0.4 is 0 Å². The maximum Gasteiger partial charge on any atom is 0.309 e. The third-order valence-electron chi connectivity index (χ3n) is 7.01. The summed E-state index contributed by atoms with van der Waals surface area (Å²) < 4.78 is 5.76. The highest BCUT2D eigenvalue weighted by atomic mass is 32.1. The maximum absolute atomic E-state index is 13.2. The van der Waals surface area contributed by atoms with Gasteiger partial charge in [0.05, 0.1) is 34.7 Å². The zero-order chi connectivity index (χ0) is 26.5. The molecule has 2 rings (SSSR count).